The Hall–Kier alpha value is -2.92. The monoisotopic (exact) mass is 386 g/mol. The van der Waals surface area contributed by atoms with Gasteiger partial charge in [0.1, 0.15) is 0 Å². The van der Waals surface area contributed by atoms with E-state index in [1.54, 1.807) is 12.1 Å². The molecule has 0 radical (unpaired) electrons. The molecule has 28 heavy (non-hydrogen) atoms. The molecule has 0 saturated heterocycles. The van der Waals surface area contributed by atoms with Crippen molar-refractivity contribution in [3.63, 3.8) is 0 Å². The third kappa shape index (κ3) is 2.92. The van der Waals surface area contributed by atoms with Crippen LogP contribution in [-0.4, -0.2) is 10.6 Å². The first kappa shape index (κ1) is 17.2. The zero-order valence-corrected chi connectivity index (χ0v) is 15.9. The van der Waals surface area contributed by atoms with Crippen molar-refractivity contribution in [2.45, 2.75) is 23.0 Å². The smallest absolute Gasteiger partial charge is 0.258 e. The Kier molecular flexibility index (Phi) is 4.24. The molecule has 0 aromatic heterocycles. The molecule has 0 spiro atoms. The molecule has 0 unspecified atom stereocenters. The minimum absolute atomic E-state index is 0.130. The molecule has 5 rings (SSSR count). The number of non-ortho nitro benzene ring substituents is 1. The lowest BCUT2D eigenvalue weighted by Crippen LogP contribution is -2.27. The molecule has 3 aromatic carbocycles. The number of nitro benzene ring substituents is 1. The fraction of sp³-hybridized carbons (Fsp3) is 0.174. The lowest BCUT2D eigenvalue weighted by Gasteiger charge is -2.31. The summed E-state index contributed by atoms with van der Waals surface area (Å²) in [5, 5.41) is 11.2. The molecule has 2 aliphatic rings. The SMILES string of the molecule is O=[N+]([O-])c1ccc([C@H]2Sc3ccccc3N=C3c4ccccc4CC[C@H]32)cc1. The van der Waals surface area contributed by atoms with Gasteiger partial charge in [0.25, 0.3) is 5.69 Å². The van der Waals surface area contributed by atoms with Gasteiger partial charge in [-0.05, 0) is 41.7 Å². The second-order valence-electron chi connectivity index (χ2n) is 7.15. The average molecular weight is 386 g/mol. The van der Waals surface area contributed by atoms with E-state index in [1.165, 1.54) is 11.1 Å². The van der Waals surface area contributed by atoms with Gasteiger partial charge in [-0.2, -0.15) is 0 Å². The molecule has 3 aromatic rings. The van der Waals surface area contributed by atoms with Crippen molar-refractivity contribution in [3.05, 3.63) is 99.6 Å². The van der Waals surface area contributed by atoms with Gasteiger partial charge in [-0.3, -0.25) is 15.1 Å². The van der Waals surface area contributed by atoms with Crippen LogP contribution in [0, 0.1) is 16.0 Å². The fourth-order valence-corrected chi connectivity index (χ4v) is 5.55. The Morgan fingerprint density at radius 3 is 2.54 bits per heavy atom. The van der Waals surface area contributed by atoms with Gasteiger partial charge in [0.2, 0.25) is 0 Å². The second-order valence-corrected chi connectivity index (χ2v) is 8.34. The number of aryl methyl sites for hydroxylation is 1. The van der Waals surface area contributed by atoms with E-state index in [0.29, 0.717) is 0 Å². The fourth-order valence-electron chi connectivity index (χ4n) is 4.16. The molecule has 2 atom stereocenters. The summed E-state index contributed by atoms with van der Waals surface area (Å²) in [4.78, 5) is 17.0. The van der Waals surface area contributed by atoms with E-state index in [2.05, 4.69) is 36.4 Å². The molecule has 1 heterocycles. The number of thioether (sulfide) groups is 1. The summed E-state index contributed by atoms with van der Waals surface area (Å²) in [7, 11) is 0. The first-order valence-electron chi connectivity index (χ1n) is 9.37. The average Bonchev–Trinajstić information content (AvgIpc) is 2.91. The molecule has 0 N–H and O–H groups in total. The van der Waals surface area contributed by atoms with Gasteiger partial charge in [0, 0.05) is 28.2 Å². The summed E-state index contributed by atoms with van der Waals surface area (Å²) in [6.45, 7) is 0. The number of rotatable bonds is 2. The summed E-state index contributed by atoms with van der Waals surface area (Å²) in [5.74, 6) is 0.272. The number of para-hydroxylation sites is 1. The Morgan fingerprint density at radius 1 is 0.964 bits per heavy atom. The number of nitro groups is 1. The van der Waals surface area contributed by atoms with Gasteiger partial charge in [-0.1, -0.05) is 48.5 Å². The van der Waals surface area contributed by atoms with Crippen LogP contribution in [0.25, 0.3) is 0 Å². The predicted molar refractivity (Wildman–Crippen MR) is 113 cm³/mol. The topological polar surface area (TPSA) is 55.5 Å². The van der Waals surface area contributed by atoms with Crippen LogP contribution in [0.1, 0.15) is 28.4 Å². The van der Waals surface area contributed by atoms with Crippen LogP contribution in [0.5, 0.6) is 0 Å². The first-order chi connectivity index (χ1) is 13.7. The Labute approximate surface area is 167 Å². The van der Waals surface area contributed by atoms with Crippen LogP contribution >= 0.6 is 11.8 Å². The highest BCUT2D eigenvalue weighted by Gasteiger charge is 2.35. The van der Waals surface area contributed by atoms with Gasteiger partial charge in [0.05, 0.1) is 16.3 Å². The van der Waals surface area contributed by atoms with E-state index in [0.717, 1.165) is 34.7 Å². The summed E-state index contributed by atoms with van der Waals surface area (Å²) in [6, 6.07) is 23.8. The predicted octanol–water partition coefficient (Wildman–Crippen LogP) is 6.13. The van der Waals surface area contributed by atoms with E-state index in [-0.39, 0.29) is 21.8 Å². The third-order valence-electron chi connectivity index (χ3n) is 5.53. The molecule has 0 saturated carbocycles. The Balaban J connectivity index is 1.65. The summed E-state index contributed by atoms with van der Waals surface area (Å²) in [5.41, 5.74) is 5.98. The van der Waals surface area contributed by atoms with Crippen LogP contribution < -0.4 is 0 Å². The van der Waals surface area contributed by atoms with E-state index in [9.17, 15) is 10.1 Å². The zero-order chi connectivity index (χ0) is 19.1. The number of aliphatic imine (C=N–C) groups is 1. The minimum Gasteiger partial charge on any atom is -0.258 e. The van der Waals surface area contributed by atoms with Gasteiger partial charge < -0.3 is 0 Å². The Bertz CT molecular complexity index is 1090. The minimum atomic E-state index is -0.344. The second kappa shape index (κ2) is 6.91. The van der Waals surface area contributed by atoms with Gasteiger partial charge in [-0.25, -0.2) is 0 Å². The van der Waals surface area contributed by atoms with Crippen molar-refractivity contribution in [3.8, 4) is 0 Å². The number of fused-ring (bicyclic) bond motifs is 4. The number of hydrogen-bond acceptors (Lipinski definition) is 4. The molecule has 1 aliphatic carbocycles. The molecule has 1 aliphatic heterocycles. The maximum atomic E-state index is 11.1. The van der Waals surface area contributed by atoms with Gasteiger partial charge in [-0.15, -0.1) is 11.8 Å². The highest BCUT2D eigenvalue weighted by molar-refractivity contribution is 7.99. The molecule has 138 valence electrons. The van der Waals surface area contributed by atoms with E-state index >= 15 is 0 Å². The molecule has 5 heteroatoms. The summed E-state index contributed by atoms with van der Waals surface area (Å²) < 4.78 is 0. The molecule has 4 nitrogen and oxygen atoms in total. The van der Waals surface area contributed by atoms with E-state index in [4.69, 9.17) is 4.99 Å². The van der Waals surface area contributed by atoms with Crippen molar-refractivity contribution in [2.75, 3.05) is 0 Å². The normalized spacial score (nSPS) is 20.2. The largest absolute Gasteiger partial charge is 0.269 e. The standard InChI is InChI=1S/C23H18N2O2S/c26-25(27)17-12-9-16(10-13-17)23-19-14-11-15-5-1-2-6-18(15)22(19)24-20-7-3-4-8-21(20)28-23/h1-10,12-13,19,23H,11,14H2/t19-,23-/m1/s1. The third-order valence-corrected chi connectivity index (χ3v) is 6.98. The van der Waals surface area contributed by atoms with Crippen LogP contribution in [0.15, 0.2) is 82.7 Å². The van der Waals surface area contributed by atoms with Gasteiger partial charge in [0.15, 0.2) is 0 Å². The first-order valence-corrected chi connectivity index (χ1v) is 10.3. The van der Waals surface area contributed by atoms with Crippen molar-refractivity contribution in [1.82, 2.24) is 0 Å². The van der Waals surface area contributed by atoms with E-state index in [1.807, 2.05) is 36.0 Å². The zero-order valence-electron chi connectivity index (χ0n) is 15.1. The highest BCUT2D eigenvalue weighted by Crippen LogP contribution is 2.51. The quantitative estimate of drug-likeness (QED) is 0.393. The van der Waals surface area contributed by atoms with Crippen molar-refractivity contribution >= 4 is 28.8 Å². The van der Waals surface area contributed by atoms with Crippen molar-refractivity contribution < 1.29 is 4.92 Å². The van der Waals surface area contributed by atoms with Crippen LogP contribution in [0.4, 0.5) is 11.4 Å². The van der Waals surface area contributed by atoms with Crippen molar-refractivity contribution in [2.24, 2.45) is 10.9 Å². The number of nitrogens with zero attached hydrogens (tertiary/aromatic N) is 2. The van der Waals surface area contributed by atoms with Crippen LogP contribution in [-0.2, 0) is 6.42 Å². The molecule has 0 fully saturated rings. The number of hydrogen-bond donors (Lipinski definition) is 0. The molecule has 0 bridgehead atoms. The lowest BCUT2D eigenvalue weighted by atomic mass is 9.78. The summed E-state index contributed by atoms with van der Waals surface area (Å²) >= 11 is 1.82. The highest BCUT2D eigenvalue weighted by atomic mass is 32.2. The van der Waals surface area contributed by atoms with Gasteiger partial charge >= 0.3 is 0 Å². The van der Waals surface area contributed by atoms with E-state index < -0.39 is 0 Å². The summed E-state index contributed by atoms with van der Waals surface area (Å²) in [6.07, 6.45) is 2.05. The van der Waals surface area contributed by atoms with Crippen LogP contribution in [0.2, 0.25) is 0 Å². The van der Waals surface area contributed by atoms with Crippen LogP contribution in [0.3, 0.4) is 0 Å². The maximum absolute atomic E-state index is 11.1. The molecular weight excluding hydrogens is 368 g/mol. The number of benzene rings is 3. The van der Waals surface area contributed by atoms with Crippen molar-refractivity contribution in [1.29, 1.82) is 0 Å². The maximum Gasteiger partial charge on any atom is 0.269 e. The Morgan fingerprint density at radius 2 is 1.71 bits per heavy atom. The lowest BCUT2D eigenvalue weighted by molar-refractivity contribution is -0.384. The molecule has 0 amide bonds. The molecular formula is C23H18N2O2S.